The Hall–Kier alpha value is -2.07. The lowest BCUT2D eigenvalue weighted by Gasteiger charge is -2.21. The minimum Gasteiger partial charge on any atom is -0.386 e. The molecule has 0 bridgehead atoms. The normalized spacial score (nSPS) is 13.4. The van der Waals surface area contributed by atoms with E-state index in [0.717, 1.165) is 38.3 Å². The van der Waals surface area contributed by atoms with Crippen molar-refractivity contribution in [1.82, 2.24) is 0 Å². The molecule has 0 aromatic heterocycles. The first-order chi connectivity index (χ1) is 13.0. The van der Waals surface area contributed by atoms with Gasteiger partial charge in [0.1, 0.15) is 0 Å². The number of carbonyl (C=O) groups is 2. The molecule has 3 nitrogen and oxygen atoms in total. The van der Waals surface area contributed by atoms with E-state index >= 15 is 0 Å². The summed E-state index contributed by atoms with van der Waals surface area (Å²) in [5, 5.41) is 0. The molecule has 2 aromatic rings. The summed E-state index contributed by atoms with van der Waals surface area (Å²) >= 11 is 0. The van der Waals surface area contributed by atoms with Crippen LogP contribution < -0.4 is 0 Å². The van der Waals surface area contributed by atoms with Crippen molar-refractivity contribution in [3.8, 4) is 0 Å². The first-order valence-corrected chi connectivity index (χ1v) is 10.6. The molecule has 1 aliphatic rings. The second kappa shape index (κ2) is 7.07. The summed E-state index contributed by atoms with van der Waals surface area (Å²) in [5.74, 6) is -1.09. The summed E-state index contributed by atoms with van der Waals surface area (Å²) in [6, 6.07) is 0. The van der Waals surface area contributed by atoms with Gasteiger partial charge in [-0.1, -0.05) is 0 Å². The van der Waals surface area contributed by atoms with E-state index in [2.05, 4.69) is 27.7 Å². The molecule has 0 unspecified atom stereocenters. The molecule has 0 spiro atoms. The Labute approximate surface area is 170 Å². The Bertz CT molecular complexity index is 1020. The van der Waals surface area contributed by atoms with Crippen LogP contribution in [0.25, 0.3) is 0 Å². The maximum Gasteiger partial charge on any atom is 0.347 e. The third kappa shape index (κ3) is 2.89. The van der Waals surface area contributed by atoms with Crippen molar-refractivity contribution < 1.29 is 14.3 Å². The fraction of sp³-hybridized carbons (Fsp3) is 0.333. The van der Waals surface area contributed by atoms with Gasteiger partial charge in [0.2, 0.25) is 12.5 Å². The molecule has 2 aromatic carbocycles. The van der Waals surface area contributed by atoms with E-state index in [1.165, 1.54) is 16.7 Å². The zero-order chi connectivity index (χ0) is 21.1. The van der Waals surface area contributed by atoms with Gasteiger partial charge in [-0.15, -0.1) is 0 Å². The monoisotopic (exact) mass is 393 g/mol. The number of benzene rings is 2. The number of ether oxygens (including phenoxy) is 1. The van der Waals surface area contributed by atoms with Crippen LogP contribution in [0.15, 0.2) is 4.90 Å². The van der Waals surface area contributed by atoms with Gasteiger partial charge in [-0.3, -0.25) is 0 Å². The van der Waals surface area contributed by atoms with Crippen molar-refractivity contribution in [3.63, 3.8) is 0 Å². The minimum absolute atomic E-state index is 0.411. The summed E-state index contributed by atoms with van der Waals surface area (Å²) in [5.41, 5.74) is 10.4. The molecule has 0 amide bonds. The summed E-state index contributed by atoms with van der Waals surface area (Å²) in [7, 11) is -0.797. The maximum atomic E-state index is 12.3. The van der Waals surface area contributed by atoms with Gasteiger partial charge in [-0.25, -0.2) is 9.59 Å². The smallest absolute Gasteiger partial charge is 0.347 e. The molecule has 144 valence electrons. The summed E-state index contributed by atoms with van der Waals surface area (Å²) in [6.45, 7) is 14.1. The van der Waals surface area contributed by atoms with Crippen LogP contribution in [-0.2, 0) is 22.1 Å². The molecule has 3 rings (SSSR count). The van der Waals surface area contributed by atoms with Crippen LogP contribution in [0, 0.1) is 61.0 Å². The molecule has 0 aliphatic carbocycles. The minimum atomic E-state index is -0.797. The van der Waals surface area contributed by atoms with Crippen LogP contribution in [0.4, 0.5) is 0 Å². The Balaban J connectivity index is 2.25. The van der Waals surface area contributed by atoms with E-state index in [1.54, 1.807) is 0 Å². The van der Waals surface area contributed by atoms with E-state index in [4.69, 9.17) is 17.2 Å². The third-order valence-electron chi connectivity index (χ3n) is 6.36. The highest BCUT2D eigenvalue weighted by molar-refractivity contribution is 7.99. The lowest BCUT2D eigenvalue weighted by molar-refractivity contribution is 0.0443. The Kier molecular flexibility index (Phi) is 5.22. The number of rotatable bonds is 3. The first-order valence-electron chi connectivity index (χ1n) is 9.20. The average Bonchev–Trinajstić information content (AvgIpc) is 2.91. The van der Waals surface area contributed by atoms with Gasteiger partial charge < -0.3 is 4.74 Å². The Morgan fingerprint density at radius 3 is 1.50 bits per heavy atom. The predicted molar refractivity (Wildman–Crippen MR) is 113 cm³/mol. The topological polar surface area (TPSA) is 43.4 Å². The SMILES string of the molecule is [CH][S+]([CH])c1c(C)c(C)c(Cc2c(C)c(C)c3c(c2C)C(=O)OC3=O)c(C)c1C. The summed E-state index contributed by atoms with van der Waals surface area (Å²) in [6.07, 6.45) is 12.7. The predicted octanol–water partition coefficient (Wildman–Crippen LogP) is 5.06. The second-order valence-electron chi connectivity index (χ2n) is 7.64. The van der Waals surface area contributed by atoms with Crippen LogP contribution in [0.3, 0.4) is 0 Å². The third-order valence-corrected chi connectivity index (χ3v) is 7.45. The molecular formula is C24H25O3S+. The number of hydrogen-bond acceptors (Lipinski definition) is 3. The van der Waals surface area contributed by atoms with Crippen molar-refractivity contribution in [2.24, 2.45) is 0 Å². The second-order valence-corrected chi connectivity index (χ2v) is 8.79. The maximum absolute atomic E-state index is 12.3. The van der Waals surface area contributed by atoms with Crippen LogP contribution in [-0.4, -0.2) is 11.9 Å². The fourth-order valence-corrected chi connectivity index (χ4v) is 5.35. The van der Waals surface area contributed by atoms with E-state index < -0.39 is 22.8 Å². The first kappa shape index (κ1) is 20.7. The highest BCUT2D eigenvalue weighted by Crippen LogP contribution is 2.37. The number of carbonyl (C=O) groups excluding carboxylic acids is 2. The Morgan fingerprint density at radius 1 is 0.643 bits per heavy atom. The van der Waals surface area contributed by atoms with Gasteiger partial charge >= 0.3 is 11.9 Å². The molecular weight excluding hydrogens is 368 g/mol. The van der Waals surface area contributed by atoms with Crippen LogP contribution in [0.1, 0.15) is 70.8 Å². The standard InChI is InChI=1S/C24H25O3S/c1-11-14(4)20-21(24(26)27-23(20)25)17(7)19(11)10-18-12(2)15(5)22(28(8)9)16(6)13(18)3/h8-9H,10H2,1-7H3/q+1. The number of cyclic esters (lactones) is 2. The van der Waals surface area contributed by atoms with Crippen LogP contribution in [0.2, 0.25) is 0 Å². The zero-order valence-electron chi connectivity index (χ0n) is 17.5. The van der Waals surface area contributed by atoms with Crippen molar-refractivity contribution in [2.75, 3.05) is 0 Å². The number of hydrogen-bond donors (Lipinski definition) is 0. The average molecular weight is 394 g/mol. The lowest BCUT2D eigenvalue weighted by Crippen LogP contribution is -2.11. The molecule has 4 radical (unpaired) electrons. The molecule has 0 saturated heterocycles. The summed E-state index contributed by atoms with van der Waals surface area (Å²) in [4.78, 5) is 25.4. The van der Waals surface area contributed by atoms with Gasteiger partial charge in [0.15, 0.2) is 4.90 Å². The van der Waals surface area contributed by atoms with Gasteiger partial charge in [0.05, 0.1) is 22.0 Å². The van der Waals surface area contributed by atoms with E-state index in [1.807, 2.05) is 20.8 Å². The highest BCUT2D eigenvalue weighted by Gasteiger charge is 2.35. The molecule has 28 heavy (non-hydrogen) atoms. The lowest BCUT2D eigenvalue weighted by atomic mass is 9.83. The number of fused-ring (bicyclic) bond motifs is 1. The Morgan fingerprint density at radius 2 is 1.04 bits per heavy atom. The van der Waals surface area contributed by atoms with Gasteiger partial charge in [-0.05, 0) is 93.8 Å². The van der Waals surface area contributed by atoms with Crippen molar-refractivity contribution >= 4 is 22.8 Å². The molecule has 1 aliphatic heterocycles. The van der Waals surface area contributed by atoms with E-state index in [9.17, 15) is 9.59 Å². The van der Waals surface area contributed by atoms with Gasteiger partial charge in [0, 0.05) is 11.1 Å². The van der Waals surface area contributed by atoms with E-state index in [-0.39, 0.29) is 0 Å². The molecule has 0 atom stereocenters. The zero-order valence-corrected chi connectivity index (χ0v) is 18.3. The van der Waals surface area contributed by atoms with Gasteiger partial charge in [0.25, 0.3) is 0 Å². The van der Waals surface area contributed by atoms with E-state index in [0.29, 0.717) is 17.5 Å². The molecule has 1 heterocycles. The number of esters is 2. The molecule has 0 fully saturated rings. The highest BCUT2D eigenvalue weighted by atomic mass is 32.2. The quantitative estimate of drug-likeness (QED) is 0.416. The fourth-order valence-electron chi connectivity index (χ4n) is 4.33. The van der Waals surface area contributed by atoms with Crippen molar-refractivity contribution in [1.29, 1.82) is 0 Å². The summed E-state index contributed by atoms with van der Waals surface area (Å²) < 4.78 is 4.88. The van der Waals surface area contributed by atoms with Crippen LogP contribution >= 0.6 is 0 Å². The largest absolute Gasteiger partial charge is 0.386 e. The molecule has 0 saturated carbocycles. The molecule has 4 heteroatoms. The van der Waals surface area contributed by atoms with Gasteiger partial charge in [-0.2, -0.15) is 0 Å². The molecule has 0 N–H and O–H groups in total. The van der Waals surface area contributed by atoms with Crippen LogP contribution in [0.5, 0.6) is 0 Å². The van der Waals surface area contributed by atoms with Crippen molar-refractivity contribution in [3.05, 3.63) is 73.7 Å². The van der Waals surface area contributed by atoms with Crippen molar-refractivity contribution in [2.45, 2.75) is 59.8 Å².